The molecule has 0 aliphatic heterocycles. The van der Waals surface area contributed by atoms with Crippen LogP contribution >= 0.6 is 12.2 Å². The maximum absolute atomic E-state index is 6.19. The van der Waals surface area contributed by atoms with E-state index in [4.69, 9.17) is 22.7 Å². The predicted molar refractivity (Wildman–Crippen MR) is 85.9 cm³/mol. The number of hydrogen-bond acceptors (Lipinski definition) is 3. The minimum absolute atomic E-state index is 0.288. The maximum Gasteiger partial charge on any atom is 0.138 e. The van der Waals surface area contributed by atoms with Crippen LogP contribution in [-0.2, 0) is 0 Å². The molecule has 1 aromatic rings. The van der Waals surface area contributed by atoms with Crippen molar-refractivity contribution >= 4 is 17.2 Å². The fourth-order valence-corrected chi connectivity index (χ4v) is 3.14. The van der Waals surface area contributed by atoms with Crippen molar-refractivity contribution in [2.75, 3.05) is 0 Å². The third kappa shape index (κ3) is 3.69. The molecule has 1 heterocycles. The molecule has 4 heteroatoms. The molecule has 0 aromatic carbocycles. The van der Waals surface area contributed by atoms with Crippen LogP contribution in [-0.4, -0.2) is 16.1 Å². The van der Waals surface area contributed by atoms with Crippen molar-refractivity contribution in [3.63, 3.8) is 0 Å². The standard InChI is InChI=1S/C16H24N2OS/c1-10(2)13-6-4-11(3)8-15(13)19-12-5-7-14(16(17)20)18-9-12/h5,7,9-11,13,15H,4,6,8H2,1-3H3,(H2,17,20). The van der Waals surface area contributed by atoms with Crippen LogP contribution in [0.25, 0.3) is 0 Å². The Bertz CT molecular complexity index is 458. The van der Waals surface area contributed by atoms with Crippen molar-refractivity contribution < 1.29 is 4.74 Å². The van der Waals surface area contributed by atoms with Gasteiger partial charge < -0.3 is 10.5 Å². The lowest BCUT2D eigenvalue weighted by molar-refractivity contribution is 0.0457. The molecule has 110 valence electrons. The number of aromatic nitrogens is 1. The maximum atomic E-state index is 6.19. The minimum Gasteiger partial charge on any atom is -0.489 e. The summed E-state index contributed by atoms with van der Waals surface area (Å²) in [4.78, 5) is 4.56. The van der Waals surface area contributed by atoms with Crippen LogP contribution in [0.3, 0.4) is 0 Å². The van der Waals surface area contributed by atoms with Gasteiger partial charge in [-0.15, -0.1) is 0 Å². The van der Waals surface area contributed by atoms with E-state index in [1.54, 1.807) is 6.20 Å². The molecule has 1 fully saturated rings. The fraction of sp³-hybridized carbons (Fsp3) is 0.625. The summed E-state index contributed by atoms with van der Waals surface area (Å²) in [5.41, 5.74) is 6.20. The van der Waals surface area contributed by atoms with Crippen LogP contribution in [0.15, 0.2) is 18.3 Å². The van der Waals surface area contributed by atoms with Crippen molar-refractivity contribution in [2.45, 2.75) is 46.1 Å². The van der Waals surface area contributed by atoms with Gasteiger partial charge in [-0.25, -0.2) is 4.98 Å². The number of pyridine rings is 1. The van der Waals surface area contributed by atoms with Crippen molar-refractivity contribution in [3.8, 4) is 5.75 Å². The molecule has 0 radical (unpaired) electrons. The zero-order valence-electron chi connectivity index (χ0n) is 12.5. The van der Waals surface area contributed by atoms with Gasteiger partial charge in [0.25, 0.3) is 0 Å². The van der Waals surface area contributed by atoms with Crippen molar-refractivity contribution in [2.24, 2.45) is 23.5 Å². The number of ether oxygens (including phenoxy) is 1. The molecule has 1 aromatic heterocycles. The number of thiocarbonyl (C=S) groups is 1. The minimum atomic E-state index is 0.288. The first-order valence-electron chi connectivity index (χ1n) is 7.40. The molecule has 0 spiro atoms. The summed E-state index contributed by atoms with van der Waals surface area (Å²) in [6.07, 6.45) is 5.70. The Labute approximate surface area is 126 Å². The Balaban J connectivity index is 2.07. The van der Waals surface area contributed by atoms with Crippen molar-refractivity contribution in [1.82, 2.24) is 4.98 Å². The Morgan fingerprint density at radius 3 is 2.70 bits per heavy atom. The first-order chi connectivity index (χ1) is 9.47. The van der Waals surface area contributed by atoms with E-state index in [9.17, 15) is 0 Å². The van der Waals surface area contributed by atoms with E-state index in [1.165, 1.54) is 12.8 Å². The van der Waals surface area contributed by atoms with E-state index in [0.717, 1.165) is 18.1 Å². The van der Waals surface area contributed by atoms with E-state index < -0.39 is 0 Å². The second-order valence-corrected chi connectivity index (χ2v) is 6.67. The monoisotopic (exact) mass is 292 g/mol. The normalized spacial score (nSPS) is 26.5. The topological polar surface area (TPSA) is 48.1 Å². The zero-order chi connectivity index (χ0) is 14.7. The van der Waals surface area contributed by atoms with Gasteiger partial charge in [0, 0.05) is 0 Å². The van der Waals surface area contributed by atoms with Crippen molar-refractivity contribution in [1.29, 1.82) is 0 Å². The molecular formula is C16H24N2OS. The molecular weight excluding hydrogens is 268 g/mol. The summed E-state index contributed by atoms with van der Waals surface area (Å²) in [5.74, 6) is 2.83. The van der Waals surface area contributed by atoms with Gasteiger partial charge in [-0.3, -0.25) is 0 Å². The van der Waals surface area contributed by atoms with Gasteiger partial charge in [-0.05, 0) is 42.7 Å². The quantitative estimate of drug-likeness (QED) is 0.862. The summed E-state index contributed by atoms with van der Waals surface area (Å²) in [5, 5.41) is 0. The number of nitrogens with two attached hydrogens (primary N) is 1. The van der Waals surface area contributed by atoms with E-state index in [2.05, 4.69) is 25.8 Å². The van der Waals surface area contributed by atoms with Gasteiger partial charge in [0.1, 0.15) is 16.8 Å². The molecule has 20 heavy (non-hydrogen) atoms. The van der Waals surface area contributed by atoms with Gasteiger partial charge >= 0.3 is 0 Å². The highest BCUT2D eigenvalue weighted by Gasteiger charge is 2.32. The molecule has 0 amide bonds. The average Bonchev–Trinajstić information content (AvgIpc) is 2.39. The highest BCUT2D eigenvalue weighted by Crippen LogP contribution is 2.35. The van der Waals surface area contributed by atoms with Gasteiger partial charge in [0.05, 0.1) is 11.9 Å². The van der Waals surface area contributed by atoms with Crippen LogP contribution in [0.5, 0.6) is 5.75 Å². The summed E-state index contributed by atoms with van der Waals surface area (Å²) in [6.45, 7) is 6.87. The van der Waals surface area contributed by atoms with Gasteiger partial charge in [0.2, 0.25) is 0 Å². The van der Waals surface area contributed by atoms with Crippen LogP contribution in [0.1, 0.15) is 45.7 Å². The van der Waals surface area contributed by atoms with Crippen molar-refractivity contribution in [3.05, 3.63) is 24.0 Å². The largest absolute Gasteiger partial charge is 0.489 e. The molecule has 1 saturated carbocycles. The highest BCUT2D eigenvalue weighted by molar-refractivity contribution is 7.80. The van der Waals surface area contributed by atoms with Crippen LogP contribution in [0.4, 0.5) is 0 Å². The summed E-state index contributed by atoms with van der Waals surface area (Å²) >= 11 is 4.91. The number of rotatable bonds is 4. The molecule has 0 bridgehead atoms. The number of hydrogen-bond donors (Lipinski definition) is 1. The predicted octanol–water partition coefficient (Wildman–Crippen LogP) is 3.56. The van der Waals surface area contributed by atoms with Gasteiger partial charge in [-0.2, -0.15) is 0 Å². The smallest absolute Gasteiger partial charge is 0.138 e. The Kier molecular flexibility index (Phi) is 4.97. The first-order valence-corrected chi connectivity index (χ1v) is 7.80. The average molecular weight is 292 g/mol. The third-order valence-electron chi connectivity index (χ3n) is 4.24. The molecule has 3 unspecified atom stereocenters. The lowest BCUT2D eigenvalue weighted by Crippen LogP contribution is -2.36. The van der Waals surface area contributed by atoms with E-state index in [1.807, 2.05) is 12.1 Å². The lowest BCUT2D eigenvalue weighted by Gasteiger charge is -2.37. The van der Waals surface area contributed by atoms with Crippen LogP contribution in [0, 0.1) is 17.8 Å². The summed E-state index contributed by atoms with van der Waals surface area (Å²) in [7, 11) is 0. The fourth-order valence-electron chi connectivity index (χ4n) is 3.02. The molecule has 1 aliphatic rings. The molecule has 3 nitrogen and oxygen atoms in total. The van der Waals surface area contributed by atoms with Gasteiger partial charge in [0.15, 0.2) is 0 Å². The second-order valence-electron chi connectivity index (χ2n) is 6.23. The molecule has 1 aliphatic carbocycles. The van der Waals surface area contributed by atoms with E-state index in [-0.39, 0.29) is 6.10 Å². The summed E-state index contributed by atoms with van der Waals surface area (Å²) < 4.78 is 6.19. The summed E-state index contributed by atoms with van der Waals surface area (Å²) in [6, 6.07) is 3.74. The molecule has 0 saturated heterocycles. The first kappa shape index (κ1) is 15.2. The lowest BCUT2D eigenvalue weighted by atomic mass is 9.75. The number of nitrogens with zero attached hydrogens (tertiary/aromatic N) is 1. The Morgan fingerprint density at radius 1 is 1.40 bits per heavy atom. The van der Waals surface area contributed by atoms with E-state index >= 15 is 0 Å². The Hall–Kier alpha value is -1.16. The molecule has 3 atom stereocenters. The van der Waals surface area contributed by atoms with E-state index in [0.29, 0.717) is 22.5 Å². The second kappa shape index (κ2) is 6.53. The Morgan fingerprint density at radius 2 is 2.15 bits per heavy atom. The molecule has 2 rings (SSSR count). The van der Waals surface area contributed by atoms with Crippen LogP contribution in [0.2, 0.25) is 0 Å². The third-order valence-corrected chi connectivity index (χ3v) is 4.45. The SMILES string of the molecule is CC1CCC(C(C)C)C(Oc2ccc(C(N)=S)nc2)C1. The highest BCUT2D eigenvalue weighted by atomic mass is 32.1. The van der Waals surface area contributed by atoms with Gasteiger partial charge in [-0.1, -0.05) is 39.4 Å². The zero-order valence-corrected chi connectivity index (χ0v) is 13.3. The van der Waals surface area contributed by atoms with Crippen LogP contribution < -0.4 is 10.5 Å². The molecule has 2 N–H and O–H groups in total.